The Hall–Kier alpha value is -2.13. The summed E-state index contributed by atoms with van der Waals surface area (Å²) in [5.41, 5.74) is 3.75. The van der Waals surface area contributed by atoms with Gasteiger partial charge in [0.2, 0.25) is 0 Å². The van der Waals surface area contributed by atoms with Gasteiger partial charge in [0.25, 0.3) is 0 Å². The van der Waals surface area contributed by atoms with Crippen LogP contribution in [0.3, 0.4) is 0 Å². The molecule has 0 unspecified atom stereocenters. The maximum Gasteiger partial charge on any atom is 0.121 e. The molecule has 0 spiro atoms. The summed E-state index contributed by atoms with van der Waals surface area (Å²) in [4.78, 5) is 11.0. The summed E-state index contributed by atoms with van der Waals surface area (Å²) in [5, 5.41) is 0. The number of benzene rings is 2. The Kier molecular flexibility index (Phi) is 4.25. The highest BCUT2D eigenvalue weighted by atomic mass is 15.2. The summed E-state index contributed by atoms with van der Waals surface area (Å²) >= 11 is 0. The van der Waals surface area contributed by atoms with Gasteiger partial charge in [-0.25, -0.2) is 4.98 Å². The number of aromatic nitrogens is 2. The van der Waals surface area contributed by atoms with Gasteiger partial charge in [-0.3, -0.25) is 4.90 Å². The van der Waals surface area contributed by atoms with Crippen molar-refractivity contribution in [1.29, 1.82) is 0 Å². The number of rotatable bonds is 4. The molecule has 3 aromatic rings. The number of para-hydroxylation sites is 2. The molecule has 26 heavy (non-hydrogen) atoms. The zero-order chi connectivity index (χ0) is 17.3. The topological polar surface area (TPSA) is 31.9 Å². The van der Waals surface area contributed by atoms with Gasteiger partial charge in [-0.1, -0.05) is 42.5 Å². The van der Waals surface area contributed by atoms with Gasteiger partial charge in [-0.2, -0.15) is 0 Å². The van der Waals surface area contributed by atoms with E-state index in [0.717, 1.165) is 41.3 Å². The molecule has 1 aliphatic carbocycles. The predicted octanol–water partition coefficient (Wildman–Crippen LogP) is 4.80. The van der Waals surface area contributed by atoms with Crippen LogP contribution in [0.1, 0.15) is 37.1 Å². The summed E-state index contributed by atoms with van der Waals surface area (Å²) in [6.45, 7) is 2.20. The zero-order valence-electron chi connectivity index (χ0n) is 15.3. The molecule has 2 aromatic carbocycles. The van der Waals surface area contributed by atoms with E-state index in [0.29, 0.717) is 0 Å². The number of aromatic amines is 1. The van der Waals surface area contributed by atoms with Crippen molar-refractivity contribution >= 4 is 11.0 Å². The average Bonchev–Trinajstić information content (AvgIpc) is 3.26. The van der Waals surface area contributed by atoms with Crippen molar-refractivity contribution in [3.63, 3.8) is 0 Å². The molecule has 1 aliphatic heterocycles. The minimum Gasteiger partial charge on any atom is -0.341 e. The summed E-state index contributed by atoms with van der Waals surface area (Å²) < 4.78 is 0. The van der Waals surface area contributed by atoms with Crippen LogP contribution in [-0.2, 0) is 13.0 Å². The first-order valence-corrected chi connectivity index (χ1v) is 10.1. The van der Waals surface area contributed by atoms with E-state index in [1.54, 1.807) is 0 Å². The minimum atomic E-state index is 0.759. The molecular weight excluding hydrogens is 318 g/mol. The molecular formula is C23H27N3. The summed E-state index contributed by atoms with van der Waals surface area (Å²) in [7, 11) is 0. The van der Waals surface area contributed by atoms with Crippen LogP contribution in [0.4, 0.5) is 0 Å². The summed E-state index contributed by atoms with van der Waals surface area (Å²) in [6.07, 6.45) is 6.73. The van der Waals surface area contributed by atoms with Crippen LogP contribution in [0.5, 0.6) is 0 Å². The van der Waals surface area contributed by atoms with E-state index < -0.39 is 0 Å². The van der Waals surface area contributed by atoms with Crippen molar-refractivity contribution in [3.05, 3.63) is 66.0 Å². The monoisotopic (exact) mass is 345 g/mol. The van der Waals surface area contributed by atoms with E-state index in [9.17, 15) is 0 Å². The molecule has 1 saturated carbocycles. The average molecular weight is 345 g/mol. The van der Waals surface area contributed by atoms with Crippen molar-refractivity contribution in [3.8, 4) is 0 Å². The fraction of sp³-hybridized carbons (Fsp3) is 0.435. The lowest BCUT2D eigenvalue weighted by Gasteiger charge is -2.35. The highest BCUT2D eigenvalue weighted by molar-refractivity contribution is 5.74. The fourth-order valence-electron chi connectivity index (χ4n) is 5.24. The van der Waals surface area contributed by atoms with Crippen LogP contribution >= 0.6 is 0 Å². The van der Waals surface area contributed by atoms with Gasteiger partial charge in [0.1, 0.15) is 5.82 Å². The third-order valence-electron chi connectivity index (χ3n) is 6.47. The molecule has 1 N–H and O–H groups in total. The number of nitrogens with one attached hydrogen (secondary N) is 1. The largest absolute Gasteiger partial charge is 0.341 e. The van der Waals surface area contributed by atoms with Gasteiger partial charge in [-0.05, 0) is 68.2 Å². The Bertz CT molecular complexity index is 836. The highest BCUT2D eigenvalue weighted by Gasteiger charge is 2.38. The highest BCUT2D eigenvalue weighted by Crippen LogP contribution is 2.40. The Morgan fingerprint density at radius 1 is 0.962 bits per heavy atom. The Balaban J connectivity index is 1.23. The fourth-order valence-corrected chi connectivity index (χ4v) is 5.24. The standard InChI is InChI=1S/C23H27N3/c1-2-6-17(7-3-1)14-18-10-11-22-19(15-18)12-13-26(22)16-23-24-20-8-4-5-9-21(20)25-23/h1-9,18-19,22H,10-16H2,(H,24,25)/t18-,19-,22+/m1/s1. The second-order valence-electron chi connectivity index (χ2n) is 8.16. The first-order valence-electron chi connectivity index (χ1n) is 10.1. The number of hydrogen-bond donors (Lipinski definition) is 1. The van der Waals surface area contributed by atoms with Crippen LogP contribution in [-0.4, -0.2) is 27.5 Å². The van der Waals surface area contributed by atoms with Crippen molar-refractivity contribution < 1.29 is 0 Å². The third-order valence-corrected chi connectivity index (χ3v) is 6.47. The van der Waals surface area contributed by atoms with E-state index >= 15 is 0 Å². The summed E-state index contributed by atoms with van der Waals surface area (Å²) in [6, 6.07) is 20.1. The van der Waals surface area contributed by atoms with E-state index in [1.807, 2.05) is 0 Å². The Labute approximate surface area is 155 Å². The van der Waals surface area contributed by atoms with Crippen LogP contribution in [0, 0.1) is 11.8 Å². The van der Waals surface area contributed by atoms with E-state index in [4.69, 9.17) is 4.98 Å². The maximum atomic E-state index is 4.79. The molecule has 3 heteroatoms. The molecule has 3 atom stereocenters. The van der Waals surface area contributed by atoms with E-state index in [1.165, 1.54) is 44.2 Å². The smallest absolute Gasteiger partial charge is 0.121 e. The SMILES string of the molecule is c1ccc(C[C@H]2CC[C@H]3[C@H](CCN3Cc3nc4ccccc4[nH]3)C2)cc1. The first-order chi connectivity index (χ1) is 12.8. The number of hydrogen-bond acceptors (Lipinski definition) is 2. The number of nitrogens with zero attached hydrogens (tertiary/aromatic N) is 2. The zero-order valence-corrected chi connectivity index (χ0v) is 15.3. The maximum absolute atomic E-state index is 4.79. The van der Waals surface area contributed by atoms with E-state index in [-0.39, 0.29) is 0 Å². The molecule has 2 fully saturated rings. The quantitative estimate of drug-likeness (QED) is 0.737. The molecule has 1 saturated heterocycles. The lowest BCUT2D eigenvalue weighted by Crippen LogP contribution is -2.37. The second kappa shape index (κ2) is 6.88. The van der Waals surface area contributed by atoms with Gasteiger partial charge >= 0.3 is 0 Å². The third kappa shape index (κ3) is 3.16. The van der Waals surface area contributed by atoms with Gasteiger partial charge < -0.3 is 4.98 Å². The van der Waals surface area contributed by atoms with E-state index in [2.05, 4.69) is 64.5 Å². The molecule has 5 rings (SSSR count). The van der Waals surface area contributed by atoms with Crippen molar-refractivity contribution in [1.82, 2.24) is 14.9 Å². The second-order valence-corrected chi connectivity index (χ2v) is 8.16. The van der Waals surface area contributed by atoms with Crippen LogP contribution in [0.15, 0.2) is 54.6 Å². The molecule has 1 aromatic heterocycles. The lowest BCUT2D eigenvalue weighted by atomic mass is 9.76. The van der Waals surface area contributed by atoms with Gasteiger partial charge in [-0.15, -0.1) is 0 Å². The van der Waals surface area contributed by atoms with Crippen LogP contribution in [0.25, 0.3) is 11.0 Å². The number of imidazole rings is 1. The molecule has 0 amide bonds. The molecule has 3 nitrogen and oxygen atoms in total. The normalized spacial score (nSPS) is 26.2. The van der Waals surface area contributed by atoms with Crippen LogP contribution < -0.4 is 0 Å². The molecule has 134 valence electrons. The van der Waals surface area contributed by atoms with Crippen molar-refractivity contribution in [2.24, 2.45) is 11.8 Å². The van der Waals surface area contributed by atoms with Gasteiger partial charge in [0, 0.05) is 6.04 Å². The molecule has 2 aliphatic rings. The van der Waals surface area contributed by atoms with Crippen molar-refractivity contribution in [2.75, 3.05) is 6.54 Å². The Morgan fingerprint density at radius 2 is 1.81 bits per heavy atom. The minimum absolute atomic E-state index is 0.759. The molecule has 0 radical (unpaired) electrons. The number of likely N-dealkylation sites (tertiary alicyclic amines) is 1. The van der Waals surface area contributed by atoms with Crippen LogP contribution in [0.2, 0.25) is 0 Å². The summed E-state index contributed by atoms with van der Waals surface area (Å²) in [5.74, 6) is 2.87. The molecule has 0 bridgehead atoms. The lowest BCUT2D eigenvalue weighted by molar-refractivity contribution is 0.144. The Morgan fingerprint density at radius 3 is 2.69 bits per heavy atom. The molecule has 2 heterocycles. The first kappa shape index (κ1) is 16.1. The number of fused-ring (bicyclic) bond motifs is 2. The van der Waals surface area contributed by atoms with Gasteiger partial charge in [0.05, 0.1) is 17.6 Å². The van der Waals surface area contributed by atoms with Gasteiger partial charge in [0.15, 0.2) is 0 Å². The number of H-pyrrole nitrogens is 1. The van der Waals surface area contributed by atoms with Crippen molar-refractivity contribution in [2.45, 2.75) is 44.7 Å². The predicted molar refractivity (Wildman–Crippen MR) is 106 cm³/mol.